The van der Waals surface area contributed by atoms with Crippen molar-refractivity contribution in [3.8, 4) is 5.75 Å². The lowest BCUT2D eigenvalue weighted by molar-refractivity contribution is 0.354. The number of hydrogen-bond donors (Lipinski definition) is 1. The zero-order chi connectivity index (χ0) is 14.1. The number of benzene rings is 2. The molecule has 1 N–H and O–H groups in total. The minimum atomic E-state index is -0.228. The number of aryl methyl sites for hydroxylation is 1. The largest absolute Gasteiger partial charge is 0.493 e. The highest BCUT2D eigenvalue weighted by Crippen LogP contribution is 2.33. The topological polar surface area (TPSA) is 21.3 Å². The molecule has 0 saturated carbocycles. The van der Waals surface area contributed by atoms with Crippen LogP contribution in [0.5, 0.6) is 5.75 Å². The third-order valence-corrected chi connectivity index (χ3v) is 3.95. The molecule has 2 aromatic carbocycles. The van der Waals surface area contributed by atoms with Gasteiger partial charge in [0.15, 0.2) is 0 Å². The lowest BCUT2D eigenvalue weighted by Gasteiger charge is -2.13. The van der Waals surface area contributed by atoms with Crippen LogP contribution in [0.25, 0.3) is 0 Å². The van der Waals surface area contributed by atoms with Gasteiger partial charge in [0, 0.05) is 28.7 Å². The Morgan fingerprint density at radius 2 is 2.15 bits per heavy atom. The van der Waals surface area contributed by atoms with Crippen molar-refractivity contribution in [1.29, 1.82) is 0 Å². The molecule has 0 radical (unpaired) electrons. The van der Waals surface area contributed by atoms with Crippen molar-refractivity contribution in [2.24, 2.45) is 0 Å². The molecule has 20 heavy (non-hydrogen) atoms. The fraction of sp³-hybridized carbons (Fsp3) is 0.250. The number of ether oxygens (including phenoxy) is 1. The van der Waals surface area contributed by atoms with Crippen LogP contribution < -0.4 is 10.1 Å². The van der Waals surface area contributed by atoms with Gasteiger partial charge in [-0.05, 0) is 42.3 Å². The number of anilines is 1. The Balaban J connectivity index is 1.84. The predicted molar refractivity (Wildman–Crippen MR) is 81.8 cm³/mol. The molecule has 0 atom stereocenters. The molecule has 0 bridgehead atoms. The van der Waals surface area contributed by atoms with Gasteiger partial charge in [-0.3, -0.25) is 0 Å². The van der Waals surface area contributed by atoms with Crippen LogP contribution in [0.4, 0.5) is 10.1 Å². The number of hydrogen-bond acceptors (Lipinski definition) is 2. The van der Waals surface area contributed by atoms with Gasteiger partial charge in [-0.25, -0.2) is 4.39 Å². The van der Waals surface area contributed by atoms with Gasteiger partial charge in [-0.2, -0.15) is 0 Å². The van der Waals surface area contributed by atoms with E-state index in [1.807, 2.05) is 13.0 Å². The molecule has 1 heterocycles. The van der Waals surface area contributed by atoms with Gasteiger partial charge in [0.1, 0.15) is 11.6 Å². The van der Waals surface area contributed by atoms with E-state index in [0.29, 0.717) is 6.54 Å². The summed E-state index contributed by atoms with van der Waals surface area (Å²) >= 11 is 3.52. The van der Waals surface area contributed by atoms with Crippen molar-refractivity contribution < 1.29 is 9.13 Å². The van der Waals surface area contributed by atoms with Crippen LogP contribution in [0, 0.1) is 12.7 Å². The summed E-state index contributed by atoms with van der Waals surface area (Å²) in [7, 11) is 0. The Morgan fingerprint density at radius 1 is 1.30 bits per heavy atom. The highest BCUT2D eigenvalue weighted by molar-refractivity contribution is 9.10. The Bertz CT molecular complexity index is 657. The minimum absolute atomic E-state index is 0.228. The van der Waals surface area contributed by atoms with Crippen LogP contribution in [0.3, 0.4) is 0 Å². The van der Waals surface area contributed by atoms with Crippen LogP contribution in [-0.2, 0) is 13.0 Å². The summed E-state index contributed by atoms with van der Waals surface area (Å²) in [6.45, 7) is 3.31. The van der Waals surface area contributed by atoms with Crippen molar-refractivity contribution in [2.75, 3.05) is 11.9 Å². The molecule has 0 amide bonds. The molecule has 0 unspecified atom stereocenters. The lowest BCUT2D eigenvalue weighted by Crippen LogP contribution is -2.03. The highest BCUT2D eigenvalue weighted by Gasteiger charge is 2.17. The summed E-state index contributed by atoms with van der Waals surface area (Å²) in [6, 6.07) is 8.92. The van der Waals surface area contributed by atoms with Gasteiger partial charge < -0.3 is 10.1 Å². The van der Waals surface area contributed by atoms with Crippen molar-refractivity contribution in [3.63, 3.8) is 0 Å². The number of nitrogens with one attached hydrogen (secondary N) is 1. The molecule has 2 aromatic rings. The molecule has 1 aliphatic rings. The average Bonchev–Trinajstić information content (AvgIpc) is 2.87. The number of halogens is 2. The lowest BCUT2D eigenvalue weighted by atomic mass is 10.1. The van der Waals surface area contributed by atoms with Crippen LogP contribution in [0.1, 0.15) is 16.7 Å². The first-order chi connectivity index (χ1) is 9.63. The Morgan fingerprint density at radius 3 is 3.00 bits per heavy atom. The zero-order valence-corrected chi connectivity index (χ0v) is 12.8. The van der Waals surface area contributed by atoms with Gasteiger partial charge in [-0.1, -0.05) is 22.0 Å². The minimum Gasteiger partial charge on any atom is -0.493 e. The standard InChI is InChI=1S/C16H15BrFNO/c1-10-2-3-14(18)8-15(10)19-9-12-7-13(17)6-11-4-5-20-16(11)12/h2-3,6-8,19H,4-5,9H2,1H3. The highest BCUT2D eigenvalue weighted by atomic mass is 79.9. The Kier molecular flexibility index (Phi) is 3.66. The Hall–Kier alpha value is -1.55. The smallest absolute Gasteiger partial charge is 0.127 e. The number of fused-ring (bicyclic) bond motifs is 1. The van der Waals surface area contributed by atoms with Gasteiger partial charge in [0.2, 0.25) is 0 Å². The second-order valence-corrected chi connectivity index (χ2v) is 5.88. The maximum absolute atomic E-state index is 13.3. The van der Waals surface area contributed by atoms with E-state index >= 15 is 0 Å². The fourth-order valence-corrected chi connectivity index (χ4v) is 3.01. The van der Waals surface area contributed by atoms with E-state index in [9.17, 15) is 4.39 Å². The first-order valence-electron chi connectivity index (χ1n) is 6.57. The molecule has 104 valence electrons. The fourth-order valence-electron chi connectivity index (χ4n) is 2.45. The zero-order valence-electron chi connectivity index (χ0n) is 11.2. The van der Waals surface area contributed by atoms with Gasteiger partial charge in [0.25, 0.3) is 0 Å². The normalized spacial score (nSPS) is 12.9. The SMILES string of the molecule is Cc1ccc(F)cc1NCc1cc(Br)cc2c1OCC2. The summed E-state index contributed by atoms with van der Waals surface area (Å²) in [4.78, 5) is 0. The average molecular weight is 336 g/mol. The molecule has 0 saturated heterocycles. The van der Waals surface area contributed by atoms with Crippen LogP contribution in [-0.4, -0.2) is 6.61 Å². The van der Waals surface area contributed by atoms with Gasteiger partial charge in [-0.15, -0.1) is 0 Å². The van der Waals surface area contributed by atoms with Crippen LogP contribution >= 0.6 is 15.9 Å². The van der Waals surface area contributed by atoms with E-state index in [1.165, 1.54) is 17.7 Å². The first-order valence-corrected chi connectivity index (χ1v) is 7.37. The van der Waals surface area contributed by atoms with Crippen molar-refractivity contribution in [2.45, 2.75) is 19.9 Å². The molecule has 0 spiro atoms. The van der Waals surface area contributed by atoms with E-state index in [-0.39, 0.29) is 5.82 Å². The molecular formula is C16H15BrFNO. The van der Waals surface area contributed by atoms with Crippen LogP contribution in [0.2, 0.25) is 0 Å². The summed E-state index contributed by atoms with van der Waals surface area (Å²) in [5.74, 6) is 0.739. The molecule has 1 aliphatic heterocycles. The monoisotopic (exact) mass is 335 g/mol. The van der Waals surface area contributed by atoms with Crippen molar-refractivity contribution in [1.82, 2.24) is 0 Å². The maximum atomic E-state index is 13.3. The molecule has 2 nitrogen and oxygen atoms in total. The third kappa shape index (κ3) is 2.66. The second kappa shape index (κ2) is 5.44. The van der Waals surface area contributed by atoms with Gasteiger partial charge >= 0.3 is 0 Å². The molecule has 0 aromatic heterocycles. The van der Waals surface area contributed by atoms with E-state index in [0.717, 1.165) is 40.1 Å². The van der Waals surface area contributed by atoms with E-state index in [2.05, 4.69) is 27.3 Å². The van der Waals surface area contributed by atoms with Gasteiger partial charge in [0.05, 0.1) is 6.61 Å². The van der Waals surface area contributed by atoms with Crippen LogP contribution in [0.15, 0.2) is 34.8 Å². The summed E-state index contributed by atoms with van der Waals surface area (Å²) in [6.07, 6.45) is 0.945. The van der Waals surface area contributed by atoms with E-state index in [1.54, 1.807) is 6.07 Å². The second-order valence-electron chi connectivity index (χ2n) is 4.96. The molecular weight excluding hydrogens is 321 g/mol. The summed E-state index contributed by atoms with van der Waals surface area (Å²) in [5.41, 5.74) is 4.17. The summed E-state index contributed by atoms with van der Waals surface area (Å²) in [5, 5.41) is 3.29. The van der Waals surface area contributed by atoms with E-state index < -0.39 is 0 Å². The van der Waals surface area contributed by atoms with Crippen molar-refractivity contribution in [3.05, 3.63) is 57.3 Å². The quantitative estimate of drug-likeness (QED) is 0.895. The molecule has 0 aliphatic carbocycles. The molecule has 4 heteroatoms. The van der Waals surface area contributed by atoms with Crippen molar-refractivity contribution >= 4 is 21.6 Å². The molecule has 0 fully saturated rings. The first kappa shape index (κ1) is 13.4. The predicted octanol–water partition coefficient (Wildman–Crippen LogP) is 4.44. The Labute approximate surface area is 126 Å². The maximum Gasteiger partial charge on any atom is 0.127 e. The summed E-state index contributed by atoms with van der Waals surface area (Å²) < 4.78 is 20.0. The number of rotatable bonds is 3. The third-order valence-electron chi connectivity index (χ3n) is 3.49. The molecule has 3 rings (SSSR count). The van der Waals surface area contributed by atoms with E-state index in [4.69, 9.17) is 4.74 Å².